The molecule has 1 aromatic carbocycles. The van der Waals surface area contributed by atoms with Crippen LogP contribution in [0.1, 0.15) is 30.0 Å². The second kappa shape index (κ2) is 4.56. The molecular formula is C14H17ClN2O. The number of carbonyl (C=O) groups excluding carboxylic acids is 1. The summed E-state index contributed by atoms with van der Waals surface area (Å²) < 4.78 is 0. The number of carbonyl (C=O) groups is 1. The number of likely N-dealkylation sites (tertiary alicyclic amines) is 1. The number of rotatable bonds is 2. The van der Waals surface area contributed by atoms with Crippen LogP contribution in [-0.2, 0) is 11.2 Å². The van der Waals surface area contributed by atoms with Gasteiger partial charge in [0.15, 0.2) is 0 Å². The zero-order valence-electron chi connectivity index (χ0n) is 10.4. The number of nitrogens with zero attached hydrogens (tertiary/aromatic N) is 1. The van der Waals surface area contributed by atoms with Gasteiger partial charge in [0.1, 0.15) is 0 Å². The molecule has 1 aromatic rings. The summed E-state index contributed by atoms with van der Waals surface area (Å²) in [5.74, 6) is 0.220. The van der Waals surface area contributed by atoms with Gasteiger partial charge in [-0.15, -0.1) is 0 Å². The van der Waals surface area contributed by atoms with Crippen LogP contribution < -0.4 is 5.32 Å². The molecule has 18 heavy (non-hydrogen) atoms. The first kappa shape index (κ1) is 12.0. The van der Waals surface area contributed by atoms with Crippen LogP contribution in [0.2, 0.25) is 5.02 Å². The fourth-order valence-electron chi connectivity index (χ4n) is 2.98. The maximum Gasteiger partial charge on any atom is 0.239 e. The van der Waals surface area contributed by atoms with Crippen LogP contribution >= 0.6 is 11.6 Å². The zero-order valence-corrected chi connectivity index (χ0v) is 11.2. The lowest BCUT2D eigenvalue weighted by Crippen LogP contribution is -2.38. The van der Waals surface area contributed by atoms with Gasteiger partial charge in [-0.25, -0.2) is 0 Å². The molecule has 2 atom stereocenters. The Balaban J connectivity index is 1.75. The highest BCUT2D eigenvalue weighted by molar-refractivity contribution is 6.30. The lowest BCUT2D eigenvalue weighted by molar-refractivity contribution is -0.128. The van der Waals surface area contributed by atoms with Gasteiger partial charge in [0.2, 0.25) is 5.91 Å². The van der Waals surface area contributed by atoms with Crippen molar-refractivity contribution >= 4 is 17.5 Å². The highest BCUT2D eigenvalue weighted by Gasteiger charge is 2.33. The molecule has 0 saturated carbocycles. The Hall–Kier alpha value is -1.06. The van der Waals surface area contributed by atoms with E-state index < -0.39 is 0 Å². The normalized spacial score (nSPS) is 26.8. The molecule has 0 radical (unpaired) electrons. The lowest BCUT2D eigenvalue weighted by atomic mass is 10.1. The van der Waals surface area contributed by atoms with Crippen LogP contribution in [0.25, 0.3) is 0 Å². The topological polar surface area (TPSA) is 32.3 Å². The molecule has 3 nitrogen and oxygen atoms in total. The number of benzene rings is 1. The maximum absolute atomic E-state index is 11.9. The van der Waals surface area contributed by atoms with E-state index in [1.165, 1.54) is 11.1 Å². The number of nitrogens with one attached hydrogen (secondary N) is 1. The molecule has 0 bridgehead atoms. The van der Waals surface area contributed by atoms with E-state index >= 15 is 0 Å². The first-order valence-corrected chi connectivity index (χ1v) is 6.82. The van der Waals surface area contributed by atoms with E-state index in [-0.39, 0.29) is 11.9 Å². The number of fused-ring (bicyclic) bond motifs is 1. The Bertz CT molecular complexity index is 489. The van der Waals surface area contributed by atoms with E-state index in [4.69, 9.17) is 11.6 Å². The third-order valence-corrected chi connectivity index (χ3v) is 4.25. The van der Waals surface area contributed by atoms with Crippen LogP contribution in [0.5, 0.6) is 0 Å². The third-order valence-electron chi connectivity index (χ3n) is 4.01. The number of hydrogen-bond acceptors (Lipinski definition) is 2. The molecule has 96 valence electrons. The van der Waals surface area contributed by atoms with Gasteiger partial charge in [0, 0.05) is 24.7 Å². The predicted molar refractivity (Wildman–Crippen MR) is 71.7 cm³/mol. The summed E-state index contributed by atoms with van der Waals surface area (Å²) in [7, 11) is 1.87. The number of halogens is 1. The van der Waals surface area contributed by atoms with Gasteiger partial charge < -0.3 is 4.90 Å². The number of amides is 1. The van der Waals surface area contributed by atoms with Crippen LogP contribution in [0, 0.1) is 0 Å². The van der Waals surface area contributed by atoms with Crippen LogP contribution in [0.3, 0.4) is 0 Å². The van der Waals surface area contributed by atoms with Crippen molar-refractivity contribution < 1.29 is 4.79 Å². The van der Waals surface area contributed by atoms with Crippen molar-refractivity contribution in [3.63, 3.8) is 0 Å². The van der Waals surface area contributed by atoms with Crippen molar-refractivity contribution in [2.24, 2.45) is 0 Å². The molecule has 0 unspecified atom stereocenters. The van der Waals surface area contributed by atoms with E-state index in [0.717, 1.165) is 30.8 Å². The van der Waals surface area contributed by atoms with Gasteiger partial charge in [-0.2, -0.15) is 0 Å². The molecule has 3 rings (SSSR count). The highest BCUT2D eigenvalue weighted by atomic mass is 35.5. The average molecular weight is 265 g/mol. The molecule has 0 aromatic heterocycles. The van der Waals surface area contributed by atoms with Gasteiger partial charge in [0.05, 0.1) is 6.04 Å². The largest absolute Gasteiger partial charge is 0.344 e. The molecule has 4 heteroatoms. The van der Waals surface area contributed by atoms with Crippen molar-refractivity contribution in [1.82, 2.24) is 10.2 Å². The maximum atomic E-state index is 11.9. The molecule has 1 heterocycles. The smallest absolute Gasteiger partial charge is 0.239 e. The van der Waals surface area contributed by atoms with Gasteiger partial charge in [0.25, 0.3) is 0 Å². The summed E-state index contributed by atoms with van der Waals surface area (Å²) in [5.41, 5.74) is 2.63. The summed E-state index contributed by atoms with van der Waals surface area (Å²) >= 11 is 6.00. The molecule has 1 aliphatic carbocycles. The number of likely N-dealkylation sites (N-methyl/N-ethyl adjacent to an activating group) is 1. The quantitative estimate of drug-likeness (QED) is 0.888. The Kier molecular flexibility index (Phi) is 3.04. The fourth-order valence-corrected chi connectivity index (χ4v) is 3.17. The summed E-state index contributed by atoms with van der Waals surface area (Å²) in [4.78, 5) is 13.7. The number of hydrogen-bond donors (Lipinski definition) is 1. The van der Waals surface area contributed by atoms with E-state index in [1.54, 1.807) is 4.90 Å². The van der Waals surface area contributed by atoms with E-state index in [9.17, 15) is 4.79 Å². The monoisotopic (exact) mass is 264 g/mol. The lowest BCUT2D eigenvalue weighted by Gasteiger charge is -2.18. The second-order valence-electron chi connectivity index (χ2n) is 5.20. The van der Waals surface area contributed by atoms with E-state index in [2.05, 4.69) is 11.4 Å². The Morgan fingerprint density at radius 2 is 2.17 bits per heavy atom. The Labute approximate surface area is 112 Å². The van der Waals surface area contributed by atoms with E-state index in [0.29, 0.717) is 6.04 Å². The van der Waals surface area contributed by atoms with Gasteiger partial charge in [-0.3, -0.25) is 10.1 Å². The first-order chi connectivity index (χ1) is 8.65. The highest BCUT2D eigenvalue weighted by Crippen LogP contribution is 2.33. The minimum atomic E-state index is -0.0124. The molecule has 1 N–H and O–H groups in total. The minimum absolute atomic E-state index is 0.0124. The molecule has 0 spiro atoms. The number of aryl methyl sites for hydroxylation is 1. The summed E-state index contributed by atoms with van der Waals surface area (Å²) in [6, 6.07) is 6.36. The Morgan fingerprint density at radius 3 is 2.89 bits per heavy atom. The van der Waals surface area contributed by atoms with Crippen LogP contribution in [0.15, 0.2) is 18.2 Å². The van der Waals surface area contributed by atoms with Crippen molar-refractivity contribution in [3.8, 4) is 0 Å². The van der Waals surface area contributed by atoms with E-state index in [1.807, 2.05) is 19.2 Å². The van der Waals surface area contributed by atoms with Gasteiger partial charge in [-0.1, -0.05) is 17.7 Å². The van der Waals surface area contributed by atoms with Gasteiger partial charge in [-0.05, 0) is 42.5 Å². The predicted octanol–water partition coefficient (Wildman–Crippen LogP) is 2.15. The van der Waals surface area contributed by atoms with Crippen molar-refractivity contribution in [1.29, 1.82) is 0 Å². The molecule has 1 saturated heterocycles. The average Bonchev–Trinajstić information content (AvgIpc) is 2.88. The second-order valence-corrected chi connectivity index (χ2v) is 5.64. The summed E-state index contributed by atoms with van der Waals surface area (Å²) in [6.07, 6.45) is 3.02. The van der Waals surface area contributed by atoms with Crippen molar-refractivity contribution in [3.05, 3.63) is 34.3 Å². The molecule has 1 fully saturated rings. The zero-order chi connectivity index (χ0) is 12.7. The molecule has 1 aliphatic heterocycles. The van der Waals surface area contributed by atoms with Crippen LogP contribution in [-0.4, -0.2) is 30.4 Å². The molecular weight excluding hydrogens is 248 g/mol. The van der Waals surface area contributed by atoms with Crippen molar-refractivity contribution in [2.45, 2.75) is 31.3 Å². The third kappa shape index (κ3) is 2.02. The molecule has 1 amide bonds. The van der Waals surface area contributed by atoms with Crippen molar-refractivity contribution in [2.75, 3.05) is 13.6 Å². The fraction of sp³-hybridized carbons (Fsp3) is 0.500. The SMILES string of the molecule is CN1CC[C@@H](N[C@H]2CCc3cc(Cl)ccc32)C1=O. The first-order valence-electron chi connectivity index (χ1n) is 6.44. The Morgan fingerprint density at radius 1 is 1.33 bits per heavy atom. The van der Waals surface area contributed by atoms with Gasteiger partial charge >= 0.3 is 0 Å². The van der Waals surface area contributed by atoms with Crippen LogP contribution in [0.4, 0.5) is 0 Å². The molecule has 2 aliphatic rings. The summed E-state index contributed by atoms with van der Waals surface area (Å²) in [5, 5.41) is 4.30. The minimum Gasteiger partial charge on any atom is -0.344 e. The summed E-state index contributed by atoms with van der Waals surface area (Å²) in [6.45, 7) is 0.858. The standard InChI is InChI=1S/C14H17ClN2O/c1-17-7-6-13(14(17)18)16-12-5-2-9-8-10(15)3-4-11(9)12/h3-4,8,12-13,16H,2,5-7H2,1H3/t12-,13+/m0/s1.